The molecule has 24 heavy (non-hydrogen) atoms. The van der Waals surface area contributed by atoms with Crippen LogP contribution in [0, 0.1) is 5.82 Å². The van der Waals surface area contributed by atoms with E-state index in [1.54, 1.807) is 24.4 Å². The highest BCUT2D eigenvalue weighted by Crippen LogP contribution is 2.17. The molecule has 0 aliphatic heterocycles. The molecule has 126 valence electrons. The van der Waals surface area contributed by atoms with E-state index in [0.717, 1.165) is 22.7 Å². The van der Waals surface area contributed by atoms with Gasteiger partial charge >= 0.3 is 0 Å². The third kappa shape index (κ3) is 5.13. The van der Waals surface area contributed by atoms with Crippen molar-refractivity contribution in [3.63, 3.8) is 0 Å². The van der Waals surface area contributed by atoms with Gasteiger partial charge in [0.15, 0.2) is 0 Å². The van der Waals surface area contributed by atoms with E-state index in [4.69, 9.17) is 0 Å². The first-order valence-corrected chi connectivity index (χ1v) is 8.67. The molecule has 2 rings (SSSR count). The predicted molar refractivity (Wildman–Crippen MR) is 88.6 cm³/mol. The number of hydrazone groups is 1. The molecule has 1 heterocycles. The Labute approximate surface area is 138 Å². The van der Waals surface area contributed by atoms with Crippen LogP contribution in [0.5, 0.6) is 0 Å². The van der Waals surface area contributed by atoms with Gasteiger partial charge in [-0.3, -0.25) is 14.1 Å². The molecule has 0 bridgehead atoms. The number of sulfonamides is 1. The van der Waals surface area contributed by atoms with Gasteiger partial charge in [0.25, 0.3) is 5.91 Å². The van der Waals surface area contributed by atoms with Crippen molar-refractivity contribution < 1.29 is 17.6 Å². The lowest BCUT2D eigenvalue weighted by molar-refractivity contribution is -0.119. The number of pyridine rings is 1. The Balaban J connectivity index is 2.05. The Bertz CT molecular complexity index is 824. The molecule has 9 heteroatoms. The summed E-state index contributed by atoms with van der Waals surface area (Å²) in [6.07, 6.45) is 3.87. The molecule has 1 N–H and O–H groups in total. The summed E-state index contributed by atoms with van der Waals surface area (Å²) in [5, 5.41) is 3.72. The van der Waals surface area contributed by atoms with Crippen molar-refractivity contribution in [3.8, 4) is 0 Å². The van der Waals surface area contributed by atoms with Gasteiger partial charge in [0.2, 0.25) is 10.0 Å². The van der Waals surface area contributed by atoms with Crippen LogP contribution in [-0.2, 0) is 14.8 Å². The molecule has 2 aromatic rings. The molecule has 0 saturated heterocycles. The molecule has 0 unspecified atom stereocenters. The second-order valence-electron chi connectivity index (χ2n) is 4.79. The van der Waals surface area contributed by atoms with E-state index in [0.29, 0.717) is 5.69 Å². The number of aromatic nitrogens is 1. The number of halogens is 1. The number of carbonyl (C=O) groups is 1. The topological polar surface area (TPSA) is 91.7 Å². The predicted octanol–water partition coefficient (Wildman–Crippen LogP) is 1.14. The second-order valence-corrected chi connectivity index (χ2v) is 6.70. The van der Waals surface area contributed by atoms with Crippen LogP contribution in [-0.4, -0.2) is 38.3 Å². The lowest BCUT2D eigenvalue weighted by Gasteiger charge is -2.21. The Morgan fingerprint density at radius 1 is 1.29 bits per heavy atom. The number of amides is 1. The van der Waals surface area contributed by atoms with E-state index in [9.17, 15) is 17.6 Å². The summed E-state index contributed by atoms with van der Waals surface area (Å²) in [4.78, 5) is 15.9. The Kier molecular flexibility index (Phi) is 5.59. The maximum atomic E-state index is 13.0. The Morgan fingerprint density at radius 3 is 2.58 bits per heavy atom. The highest BCUT2D eigenvalue weighted by molar-refractivity contribution is 7.92. The molecule has 1 amide bonds. The van der Waals surface area contributed by atoms with Gasteiger partial charge in [0.1, 0.15) is 12.4 Å². The number of rotatable bonds is 6. The highest BCUT2D eigenvalue weighted by Gasteiger charge is 2.20. The van der Waals surface area contributed by atoms with Crippen molar-refractivity contribution in [2.45, 2.75) is 0 Å². The van der Waals surface area contributed by atoms with Gasteiger partial charge in [0.05, 0.1) is 23.9 Å². The minimum absolute atomic E-state index is 0.183. The number of hydrogen-bond acceptors (Lipinski definition) is 5. The van der Waals surface area contributed by atoms with Gasteiger partial charge in [-0.15, -0.1) is 0 Å². The lowest BCUT2D eigenvalue weighted by atomic mass is 10.3. The van der Waals surface area contributed by atoms with Crippen LogP contribution in [0.4, 0.5) is 10.1 Å². The number of nitrogens with zero attached hydrogens (tertiary/aromatic N) is 3. The SMILES string of the molecule is CS(=O)(=O)N(CC(=O)N/N=C\c1ccccn1)c1ccc(F)cc1. The zero-order chi connectivity index (χ0) is 17.6. The van der Waals surface area contributed by atoms with Gasteiger partial charge in [-0.05, 0) is 36.4 Å². The van der Waals surface area contributed by atoms with Gasteiger partial charge in [-0.25, -0.2) is 18.2 Å². The van der Waals surface area contributed by atoms with Crippen molar-refractivity contribution in [3.05, 3.63) is 60.2 Å². The molecule has 0 aliphatic rings. The fourth-order valence-electron chi connectivity index (χ4n) is 1.80. The summed E-state index contributed by atoms with van der Waals surface area (Å²) in [6, 6.07) is 9.98. The smallest absolute Gasteiger partial charge is 0.260 e. The van der Waals surface area contributed by atoms with Crippen molar-refractivity contribution in [2.24, 2.45) is 5.10 Å². The minimum Gasteiger partial charge on any atom is -0.271 e. The monoisotopic (exact) mass is 350 g/mol. The first-order chi connectivity index (χ1) is 11.4. The first-order valence-electron chi connectivity index (χ1n) is 6.82. The molecule has 0 fully saturated rings. The summed E-state index contributed by atoms with van der Waals surface area (Å²) < 4.78 is 37.5. The molecule has 1 aromatic carbocycles. The van der Waals surface area contributed by atoms with E-state index >= 15 is 0 Å². The van der Waals surface area contributed by atoms with E-state index in [-0.39, 0.29) is 5.69 Å². The molecule has 0 spiro atoms. The van der Waals surface area contributed by atoms with E-state index in [1.165, 1.54) is 18.3 Å². The van der Waals surface area contributed by atoms with Gasteiger partial charge < -0.3 is 0 Å². The molecular formula is C15H15FN4O3S. The van der Waals surface area contributed by atoms with Crippen LogP contribution in [0.3, 0.4) is 0 Å². The summed E-state index contributed by atoms with van der Waals surface area (Å²) in [5.74, 6) is -1.14. The molecular weight excluding hydrogens is 335 g/mol. The third-order valence-corrected chi connectivity index (χ3v) is 4.02. The van der Waals surface area contributed by atoms with Crippen LogP contribution >= 0.6 is 0 Å². The maximum Gasteiger partial charge on any atom is 0.260 e. The molecule has 7 nitrogen and oxygen atoms in total. The molecule has 0 aliphatic carbocycles. The molecule has 0 saturated carbocycles. The van der Waals surface area contributed by atoms with Crippen molar-refractivity contribution >= 4 is 27.8 Å². The van der Waals surface area contributed by atoms with Crippen LogP contribution in [0.2, 0.25) is 0 Å². The minimum atomic E-state index is -3.72. The highest BCUT2D eigenvalue weighted by atomic mass is 32.2. The average Bonchev–Trinajstić information content (AvgIpc) is 2.54. The van der Waals surface area contributed by atoms with Crippen LogP contribution in [0.1, 0.15) is 5.69 Å². The lowest BCUT2D eigenvalue weighted by Crippen LogP contribution is -2.39. The van der Waals surface area contributed by atoms with E-state index < -0.39 is 28.3 Å². The number of hydrogen-bond donors (Lipinski definition) is 1. The number of carbonyl (C=O) groups excluding carboxylic acids is 1. The van der Waals surface area contributed by atoms with E-state index in [1.807, 2.05) is 0 Å². The second kappa shape index (κ2) is 7.64. The van der Waals surface area contributed by atoms with Crippen LogP contribution in [0.15, 0.2) is 53.8 Å². The Hall–Kier alpha value is -2.81. The van der Waals surface area contributed by atoms with Gasteiger partial charge in [0, 0.05) is 6.20 Å². The van der Waals surface area contributed by atoms with Crippen molar-refractivity contribution in [1.29, 1.82) is 0 Å². The average molecular weight is 350 g/mol. The normalized spacial score (nSPS) is 11.4. The number of anilines is 1. The number of nitrogens with one attached hydrogen (secondary N) is 1. The molecule has 0 radical (unpaired) electrons. The molecule has 0 atom stereocenters. The van der Waals surface area contributed by atoms with Crippen molar-refractivity contribution in [1.82, 2.24) is 10.4 Å². The molecule has 1 aromatic heterocycles. The van der Waals surface area contributed by atoms with Crippen LogP contribution in [0.25, 0.3) is 0 Å². The Morgan fingerprint density at radius 2 is 2.00 bits per heavy atom. The number of benzene rings is 1. The summed E-state index contributed by atoms with van der Waals surface area (Å²) >= 11 is 0. The third-order valence-electron chi connectivity index (χ3n) is 2.88. The van der Waals surface area contributed by atoms with Gasteiger partial charge in [-0.1, -0.05) is 6.07 Å². The maximum absolute atomic E-state index is 13.0. The largest absolute Gasteiger partial charge is 0.271 e. The van der Waals surface area contributed by atoms with Crippen molar-refractivity contribution in [2.75, 3.05) is 17.1 Å². The fraction of sp³-hybridized carbons (Fsp3) is 0.133. The summed E-state index contributed by atoms with van der Waals surface area (Å²) in [7, 11) is -3.72. The zero-order valence-electron chi connectivity index (χ0n) is 12.8. The quantitative estimate of drug-likeness (QED) is 0.625. The zero-order valence-corrected chi connectivity index (χ0v) is 13.6. The summed E-state index contributed by atoms with van der Waals surface area (Å²) in [5.41, 5.74) is 2.95. The van der Waals surface area contributed by atoms with Crippen LogP contribution < -0.4 is 9.73 Å². The van der Waals surface area contributed by atoms with Gasteiger partial charge in [-0.2, -0.15) is 5.10 Å². The van der Waals surface area contributed by atoms with E-state index in [2.05, 4.69) is 15.5 Å². The standard InChI is InChI=1S/C15H15FN4O3S/c1-24(22,23)20(14-7-5-12(16)6-8-14)11-15(21)19-18-10-13-4-2-3-9-17-13/h2-10H,11H2,1H3,(H,19,21)/b18-10-. The summed E-state index contributed by atoms with van der Waals surface area (Å²) in [6.45, 7) is -0.482. The fourth-order valence-corrected chi connectivity index (χ4v) is 2.65. The first kappa shape index (κ1) is 17.5.